The summed E-state index contributed by atoms with van der Waals surface area (Å²) in [4.78, 5) is 0. The summed E-state index contributed by atoms with van der Waals surface area (Å²) in [5.74, 6) is -1.72. The number of halogens is 2. The predicted octanol–water partition coefficient (Wildman–Crippen LogP) is 1.71. The second kappa shape index (κ2) is 7.86. The second-order valence-corrected chi connectivity index (χ2v) is 4.81. The lowest BCUT2D eigenvalue weighted by Gasteiger charge is -2.13. The van der Waals surface area contributed by atoms with E-state index >= 15 is 0 Å². The van der Waals surface area contributed by atoms with E-state index in [1.54, 1.807) is 6.20 Å². The molecule has 0 fully saturated rings. The standard InChI is InChI=1S/C15H19F2N3O2/c1-2-20-11(5-6-19-20)8-18-9-12(21)10-22-13-3-4-14(16)15(17)7-13/h3-7,12,18,21H,2,8-10H2,1H3. The number of aliphatic hydroxyl groups excluding tert-OH is 1. The highest BCUT2D eigenvalue weighted by Crippen LogP contribution is 2.15. The van der Waals surface area contributed by atoms with Gasteiger partial charge in [0.25, 0.3) is 0 Å². The molecule has 7 heteroatoms. The lowest BCUT2D eigenvalue weighted by molar-refractivity contribution is 0.106. The molecule has 2 aromatic rings. The van der Waals surface area contributed by atoms with Crippen LogP contribution in [0.2, 0.25) is 0 Å². The molecule has 0 aliphatic rings. The lowest BCUT2D eigenvalue weighted by atomic mass is 10.3. The van der Waals surface area contributed by atoms with Crippen LogP contribution in [0.25, 0.3) is 0 Å². The first kappa shape index (κ1) is 16.4. The van der Waals surface area contributed by atoms with Gasteiger partial charge in [0.2, 0.25) is 0 Å². The molecule has 1 aromatic carbocycles. The first-order valence-electron chi connectivity index (χ1n) is 7.07. The number of nitrogens with zero attached hydrogens (tertiary/aromatic N) is 2. The van der Waals surface area contributed by atoms with E-state index in [1.807, 2.05) is 17.7 Å². The Morgan fingerprint density at radius 1 is 1.32 bits per heavy atom. The minimum atomic E-state index is -0.974. The van der Waals surface area contributed by atoms with Gasteiger partial charge >= 0.3 is 0 Å². The van der Waals surface area contributed by atoms with Crippen molar-refractivity contribution in [2.24, 2.45) is 0 Å². The van der Waals surface area contributed by atoms with Gasteiger partial charge in [-0.05, 0) is 25.1 Å². The Bertz CT molecular complexity index is 604. The Labute approximate surface area is 127 Å². The van der Waals surface area contributed by atoms with Gasteiger partial charge in [0, 0.05) is 31.9 Å². The number of aromatic nitrogens is 2. The molecule has 0 aliphatic heterocycles. The van der Waals surface area contributed by atoms with E-state index in [2.05, 4.69) is 10.4 Å². The monoisotopic (exact) mass is 311 g/mol. The maximum absolute atomic E-state index is 13.0. The fraction of sp³-hybridized carbons (Fsp3) is 0.400. The van der Waals surface area contributed by atoms with Gasteiger partial charge in [-0.1, -0.05) is 0 Å². The van der Waals surface area contributed by atoms with Crippen molar-refractivity contribution in [2.45, 2.75) is 26.1 Å². The summed E-state index contributed by atoms with van der Waals surface area (Å²) in [5.41, 5.74) is 1.02. The van der Waals surface area contributed by atoms with Gasteiger partial charge in [0.1, 0.15) is 18.5 Å². The zero-order valence-electron chi connectivity index (χ0n) is 12.3. The zero-order valence-corrected chi connectivity index (χ0v) is 12.3. The summed E-state index contributed by atoms with van der Waals surface area (Å²) in [6.07, 6.45) is 0.967. The molecule has 0 saturated heterocycles. The highest BCUT2D eigenvalue weighted by Gasteiger charge is 2.08. The zero-order chi connectivity index (χ0) is 15.9. The van der Waals surface area contributed by atoms with E-state index < -0.39 is 17.7 Å². The third-order valence-electron chi connectivity index (χ3n) is 3.12. The Hall–Kier alpha value is -1.99. The van der Waals surface area contributed by atoms with Crippen molar-refractivity contribution in [2.75, 3.05) is 13.2 Å². The second-order valence-electron chi connectivity index (χ2n) is 4.81. The van der Waals surface area contributed by atoms with Crippen molar-refractivity contribution < 1.29 is 18.6 Å². The van der Waals surface area contributed by atoms with Gasteiger partial charge in [-0.2, -0.15) is 5.10 Å². The molecule has 1 heterocycles. The minimum Gasteiger partial charge on any atom is -0.491 e. The third kappa shape index (κ3) is 4.51. The van der Waals surface area contributed by atoms with E-state index in [0.29, 0.717) is 13.1 Å². The molecule has 22 heavy (non-hydrogen) atoms. The summed E-state index contributed by atoms with van der Waals surface area (Å²) in [6.45, 7) is 3.67. The van der Waals surface area contributed by atoms with E-state index in [9.17, 15) is 13.9 Å². The lowest BCUT2D eigenvalue weighted by Crippen LogP contribution is -2.31. The minimum absolute atomic E-state index is 0.00882. The van der Waals surface area contributed by atoms with E-state index in [0.717, 1.165) is 24.4 Å². The first-order valence-corrected chi connectivity index (χ1v) is 7.07. The maximum Gasteiger partial charge on any atom is 0.162 e. The van der Waals surface area contributed by atoms with Crippen molar-refractivity contribution in [1.82, 2.24) is 15.1 Å². The average molecular weight is 311 g/mol. The van der Waals surface area contributed by atoms with Crippen molar-refractivity contribution in [3.05, 3.63) is 47.8 Å². The molecule has 0 saturated carbocycles. The Morgan fingerprint density at radius 2 is 2.14 bits per heavy atom. The van der Waals surface area contributed by atoms with Gasteiger partial charge in [-0.25, -0.2) is 8.78 Å². The first-order chi connectivity index (χ1) is 10.6. The van der Waals surface area contributed by atoms with Crippen LogP contribution in [0.5, 0.6) is 5.75 Å². The predicted molar refractivity (Wildman–Crippen MR) is 77.5 cm³/mol. The molecule has 0 bridgehead atoms. The highest BCUT2D eigenvalue weighted by molar-refractivity contribution is 5.23. The third-order valence-corrected chi connectivity index (χ3v) is 3.12. The molecule has 1 unspecified atom stereocenters. The van der Waals surface area contributed by atoms with Crippen LogP contribution in [-0.2, 0) is 13.1 Å². The van der Waals surface area contributed by atoms with Crippen LogP contribution in [-0.4, -0.2) is 34.1 Å². The summed E-state index contributed by atoms with van der Waals surface area (Å²) in [7, 11) is 0. The molecule has 5 nitrogen and oxygen atoms in total. The topological polar surface area (TPSA) is 59.3 Å². The quantitative estimate of drug-likeness (QED) is 0.779. The SMILES string of the molecule is CCn1nccc1CNCC(O)COc1ccc(F)c(F)c1. The van der Waals surface area contributed by atoms with Crippen LogP contribution < -0.4 is 10.1 Å². The van der Waals surface area contributed by atoms with Crippen LogP contribution in [0.15, 0.2) is 30.5 Å². The van der Waals surface area contributed by atoms with E-state index in [-0.39, 0.29) is 12.4 Å². The fourth-order valence-electron chi connectivity index (χ4n) is 1.98. The van der Waals surface area contributed by atoms with E-state index in [1.165, 1.54) is 6.07 Å². The maximum atomic E-state index is 13.0. The number of hydrogen-bond donors (Lipinski definition) is 2. The Kier molecular flexibility index (Phi) is 5.85. The smallest absolute Gasteiger partial charge is 0.162 e. The van der Waals surface area contributed by atoms with Gasteiger partial charge in [0.05, 0.1) is 5.69 Å². The molecule has 1 atom stereocenters. The molecule has 1 aromatic heterocycles. The Balaban J connectivity index is 1.71. The summed E-state index contributed by atoms with van der Waals surface area (Å²) < 4.78 is 32.8. The van der Waals surface area contributed by atoms with Crippen LogP contribution in [0.1, 0.15) is 12.6 Å². The summed E-state index contributed by atoms with van der Waals surface area (Å²) in [6, 6.07) is 5.16. The molecule has 0 spiro atoms. The molecular weight excluding hydrogens is 292 g/mol. The molecule has 120 valence electrons. The molecule has 2 rings (SSSR count). The fourth-order valence-corrected chi connectivity index (χ4v) is 1.98. The molecule has 0 aliphatic carbocycles. The van der Waals surface area contributed by atoms with Crippen LogP contribution in [0.3, 0.4) is 0 Å². The van der Waals surface area contributed by atoms with Crippen molar-refractivity contribution >= 4 is 0 Å². The normalized spacial score (nSPS) is 12.4. The van der Waals surface area contributed by atoms with Gasteiger partial charge in [0.15, 0.2) is 11.6 Å². The molecule has 2 N–H and O–H groups in total. The number of aryl methyl sites for hydroxylation is 1. The number of benzene rings is 1. The van der Waals surface area contributed by atoms with Crippen molar-refractivity contribution in [3.8, 4) is 5.75 Å². The summed E-state index contributed by atoms with van der Waals surface area (Å²) in [5, 5.41) is 17.1. The van der Waals surface area contributed by atoms with Crippen molar-refractivity contribution in [1.29, 1.82) is 0 Å². The van der Waals surface area contributed by atoms with E-state index in [4.69, 9.17) is 4.74 Å². The summed E-state index contributed by atoms with van der Waals surface area (Å²) >= 11 is 0. The molecule has 0 amide bonds. The largest absolute Gasteiger partial charge is 0.491 e. The number of aliphatic hydroxyl groups is 1. The number of rotatable bonds is 8. The van der Waals surface area contributed by atoms with Gasteiger partial charge < -0.3 is 15.2 Å². The highest BCUT2D eigenvalue weighted by atomic mass is 19.2. The number of ether oxygens (including phenoxy) is 1. The Morgan fingerprint density at radius 3 is 2.86 bits per heavy atom. The van der Waals surface area contributed by atoms with Crippen LogP contribution in [0.4, 0.5) is 8.78 Å². The number of nitrogens with one attached hydrogen (secondary N) is 1. The molecule has 0 radical (unpaired) electrons. The van der Waals surface area contributed by atoms with Gasteiger partial charge in [-0.3, -0.25) is 4.68 Å². The van der Waals surface area contributed by atoms with Crippen molar-refractivity contribution in [3.63, 3.8) is 0 Å². The van der Waals surface area contributed by atoms with Crippen LogP contribution in [0, 0.1) is 11.6 Å². The molecular formula is C15H19F2N3O2. The average Bonchev–Trinajstić information content (AvgIpc) is 2.96. The van der Waals surface area contributed by atoms with Gasteiger partial charge in [-0.15, -0.1) is 0 Å². The van der Waals surface area contributed by atoms with Crippen LogP contribution >= 0.6 is 0 Å². The number of hydrogen-bond acceptors (Lipinski definition) is 4.